The summed E-state index contributed by atoms with van der Waals surface area (Å²) in [6, 6.07) is 5.61. The summed E-state index contributed by atoms with van der Waals surface area (Å²) in [4.78, 5) is 51.8. The van der Waals surface area contributed by atoms with Crippen molar-refractivity contribution in [2.75, 3.05) is 13.7 Å². The van der Waals surface area contributed by atoms with Crippen LogP contribution in [0.5, 0.6) is 5.75 Å². The van der Waals surface area contributed by atoms with Crippen molar-refractivity contribution in [2.45, 2.75) is 89.8 Å². The molecule has 2 aliphatic carbocycles. The van der Waals surface area contributed by atoms with Crippen molar-refractivity contribution in [3.05, 3.63) is 41.7 Å². The topological polar surface area (TPSA) is 122 Å². The third kappa shape index (κ3) is 5.99. The van der Waals surface area contributed by atoms with E-state index >= 15 is 0 Å². The van der Waals surface area contributed by atoms with E-state index in [4.69, 9.17) is 9.26 Å². The third-order valence-electron chi connectivity index (χ3n) is 8.06. The molecular weight excluding hydrogens is 498 g/mol. The van der Waals surface area contributed by atoms with Crippen molar-refractivity contribution < 1.29 is 23.6 Å². The number of hydrogen-bond donors (Lipinski definition) is 1. The van der Waals surface area contributed by atoms with Crippen LogP contribution in [0.25, 0.3) is 10.9 Å². The molecule has 10 nitrogen and oxygen atoms in total. The van der Waals surface area contributed by atoms with Crippen LogP contribution in [0.3, 0.4) is 0 Å². The summed E-state index contributed by atoms with van der Waals surface area (Å²) in [5, 5.41) is 4.43. The molecule has 0 saturated heterocycles. The van der Waals surface area contributed by atoms with Gasteiger partial charge in [-0.2, -0.15) is 4.98 Å². The molecular formula is C29H37N5O5. The smallest absolute Gasteiger partial charge is 0.295 e. The Labute approximate surface area is 228 Å². The van der Waals surface area contributed by atoms with Crippen molar-refractivity contribution in [3.63, 3.8) is 0 Å². The lowest BCUT2D eigenvalue weighted by molar-refractivity contribution is -0.143. The number of aryl methyl sites for hydroxylation is 1. The first kappa shape index (κ1) is 26.9. The second-order valence-electron chi connectivity index (χ2n) is 10.7. The molecule has 2 aliphatic rings. The number of hydrogen-bond acceptors (Lipinski definition) is 7. The molecule has 10 heteroatoms. The molecule has 2 fully saturated rings. The number of nitrogens with one attached hydrogen (secondary N) is 1. The van der Waals surface area contributed by atoms with Crippen LogP contribution in [0.15, 0.2) is 28.9 Å². The predicted octanol–water partition coefficient (Wildman–Crippen LogP) is 4.57. The minimum atomic E-state index is -0.775. The summed E-state index contributed by atoms with van der Waals surface area (Å²) < 4.78 is 10.5. The molecule has 5 rings (SSSR count). The van der Waals surface area contributed by atoms with Gasteiger partial charge in [-0.15, -0.1) is 0 Å². The molecule has 0 bridgehead atoms. The molecule has 3 aromatic rings. The van der Waals surface area contributed by atoms with Crippen LogP contribution in [-0.2, 0) is 16.1 Å². The number of benzene rings is 1. The van der Waals surface area contributed by atoms with Gasteiger partial charge in [0.05, 0.1) is 12.7 Å². The van der Waals surface area contributed by atoms with Gasteiger partial charge in [0.1, 0.15) is 18.8 Å². The highest BCUT2D eigenvalue weighted by molar-refractivity contribution is 6.45. The lowest BCUT2D eigenvalue weighted by Gasteiger charge is -2.42. The zero-order valence-electron chi connectivity index (χ0n) is 22.8. The highest BCUT2D eigenvalue weighted by Crippen LogP contribution is 2.31. The molecule has 2 saturated carbocycles. The molecule has 39 heavy (non-hydrogen) atoms. The number of carbonyl (C=O) groups is 3. The van der Waals surface area contributed by atoms with E-state index in [1.165, 1.54) is 23.9 Å². The van der Waals surface area contributed by atoms with Crippen molar-refractivity contribution in [1.82, 2.24) is 24.9 Å². The van der Waals surface area contributed by atoms with Crippen LogP contribution in [0.1, 0.15) is 86.3 Å². The van der Waals surface area contributed by atoms with Gasteiger partial charge in [0.2, 0.25) is 11.8 Å². The highest BCUT2D eigenvalue weighted by Gasteiger charge is 2.35. The zero-order chi connectivity index (χ0) is 27.4. The fourth-order valence-corrected chi connectivity index (χ4v) is 6.11. The second kappa shape index (κ2) is 12.0. The largest absolute Gasteiger partial charge is 0.497 e. The summed E-state index contributed by atoms with van der Waals surface area (Å²) in [5.41, 5.74) is 0.926. The van der Waals surface area contributed by atoms with Gasteiger partial charge in [0.15, 0.2) is 5.82 Å². The van der Waals surface area contributed by atoms with Crippen molar-refractivity contribution >= 4 is 28.5 Å². The van der Waals surface area contributed by atoms with E-state index in [0.29, 0.717) is 22.5 Å². The standard InChI is InChI=1S/C29H37N5O5/c1-19-31-26(39-32-19)17-33(29(37)28(36)24-16-30-25-15-22(38-2)13-14-23(24)25)18-27(35)34(20-9-5-3-6-10-20)21-11-7-4-8-12-21/h13-16,20-21,30H,3-12,17-18H2,1-2H3. The molecule has 208 valence electrons. The maximum absolute atomic E-state index is 14.0. The molecule has 2 amide bonds. The fourth-order valence-electron chi connectivity index (χ4n) is 6.11. The van der Waals surface area contributed by atoms with Gasteiger partial charge in [-0.25, -0.2) is 0 Å². The number of H-pyrrole nitrogens is 1. The molecule has 0 spiro atoms. The van der Waals surface area contributed by atoms with Crippen molar-refractivity contribution in [3.8, 4) is 5.75 Å². The molecule has 0 aliphatic heterocycles. The number of ether oxygens (including phenoxy) is 1. The van der Waals surface area contributed by atoms with E-state index < -0.39 is 11.7 Å². The monoisotopic (exact) mass is 535 g/mol. The van der Waals surface area contributed by atoms with Gasteiger partial charge in [-0.3, -0.25) is 14.4 Å². The van der Waals surface area contributed by atoms with Gasteiger partial charge < -0.3 is 24.0 Å². The number of amides is 2. The Hall–Kier alpha value is -3.69. The van der Waals surface area contributed by atoms with Crippen LogP contribution >= 0.6 is 0 Å². The van der Waals surface area contributed by atoms with Gasteiger partial charge in [0, 0.05) is 35.2 Å². The lowest BCUT2D eigenvalue weighted by atomic mass is 9.88. The van der Waals surface area contributed by atoms with Crippen LogP contribution in [-0.4, -0.2) is 68.3 Å². The van der Waals surface area contributed by atoms with E-state index in [1.807, 2.05) is 0 Å². The van der Waals surface area contributed by atoms with Crippen LogP contribution < -0.4 is 4.74 Å². The third-order valence-corrected chi connectivity index (χ3v) is 8.06. The Kier molecular flexibility index (Phi) is 8.28. The first-order valence-electron chi connectivity index (χ1n) is 14.0. The Morgan fingerprint density at radius 3 is 2.28 bits per heavy atom. The number of aromatic nitrogens is 3. The first-order chi connectivity index (χ1) is 18.9. The Morgan fingerprint density at radius 2 is 1.69 bits per heavy atom. The predicted molar refractivity (Wildman–Crippen MR) is 144 cm³/mol. The van der Waals surface area contributed by atoms with Crippen molar-refractivity contribution in [2.24, 2.45) is 0 Å². The SMILES string of the molecule is COc1ccc2c(C(=O)C(=O)N(CC(=O)N(C3CCCCC3)C3CCCCC3)Cc3nc(C)no3)c[nH]c2c1. The summed E-state index contributed by atoms with van der Waals surface area (Å²) in [6.45, 7) is 1.36. The number of fused-ring (bicyclic) bond motifs is 1. The average Bonchev–Trinajstić information content (AvgIpc) is 3.58. The molecule has 2 heterocycles. The maximum atomic E-state index is 14.0. The van der Waals surface area contributed by atoms with Crippen LogP contribution in [0.4, 0.5) is 0 Å². The van der Waals surface area contributed by atoms with Crippen LogP contribution in [0, 0.1) is 6.92 Å². The first-order valence-corrected chi connectivity index (χ1v) is 14.0. The summed E-state index contributed by atoms with van der Waals surface area (Å²) >= 11 is 0. The number of carbonyl (C=O) groups excluding carboxylic acids is 3. The number of rotatable bonds is 9. The number of methoxy groups -OCH3 is 1. The van der Waals surface area contributed by atoms with Gasteiger partial charge >= 0.3 is 0 Å². The molecule has 0 radical (unpaired) electrons. The number of aromatic amines is 1. The minimum Gasteiger partial charge on any atom is -0.497 e. The Morgan fingerprint density at radius 1 is 1.03 bits per heavy atom. The normalized spacial score (nSPS) is 16.8. The number of ketones is 1. The van der Waals surface area contributed by atoms with Gasteiger partial charge in [-0.05, 0) is 44.7 Å². The van der Waals surface area contributed by atoms with E-state index in [2.05, 4.69) is 20.0 Å². The Bertz CT molecular complexity index is 1300. The molecule has 1 N–H and O–H groups in total. The van der Waals surface area contributed by atoms with E-state index in [0.717, 1.165) is 51.4 Å². The van der Waals surface area contributed by atoms with E-state index in [-0.39, 0.29) is 42.5 Å². The summed E-state index contributed by atoms with van der Waals surface area (Å²) in [5.74, 6) is -0.340. The summed E-state index contributed by atoms with van der Waals surface area (Å²) in [7, 11) is 1.57. The van der Waals surface area contributed by atoms with Gasteiger partial charge in [0.25, 0.3) is 11.7 Å². The lowest BCUT2D eigenvalue weighted by Crippen LogP contribution is -2.53. The minimum absolute atomic E-state index is 0.115. The highest BCUT2D eigenvalue weighted by atomic mass is 16.5. The number of nitrogens with zero attached hydrogens (tertiary/aromatic N) is 4. The molecule has 0 unspecified atom stereocenters. The van der Waals surface area contributed by atoms with E-state index in [9.17, 15) is 14.4 Å². The second-order valence-corrected chi connectivity index (χ2v) is 10.7. The zero-order valence-corrected chi connectivity index (χ0v) is 22.8. The van der Waals surface area contributed by atoms with Crippen LogP contribution in [0.2, 0.25) is 0 Å². The molecule has 2 aromatic heterocycles. The fraction of sp³-hybridized carbons (Fsp3) is 0.552. The molecule has 0 atom stereocenters. The number of Topliss-reactive ketones (excluding diaryl/α,β-unsaturated/α-hetero) is 1. The average molecular weight is 536 g/mol. The quantitative estimate of drug-likeness (QED) is 0.315. The van der Waals surface area contributed by atoms with E-state index in [1.54, 1.807) is 32.2 Å². The Balaban J connectivity index is 1.41. The maximum Gasteiger partial charge on any atom is 0.295 e. The van der Waals surface area contributed by atoms with Crippen molar-refractivity contribution in [1.29, 1.82) is 0 Å². The summed E-state index contributed by atoms with van der Waals surface area (Å²) in [6.07, 6.45) is 12.3. The van der Waals surface area contributed by atoms with Gasteiger partial charge in [-0.1, -0.05) is 43.7 Å². The molecule has 1 aromatic carbocycles.